The van der Waals surface area contributed by atoms with E-state index in [0.29, 0.717) is 44.0 Å². The van der Waals surface area contributed by atoms with Gasteiger partial charge < -0.3 is 15.1 Å². The Labute approximate surface area is 231 Å². The van der Waals surface area contributed by atoms with Crippen LogP contribution in [0.25, 0.3) is 0 Å². The fourth-order valence-electron chi connectivity index (χ4n) is 5.60. The lowest BCUT2D eigenvalue weighted by atomic mass is 9.90. The second kappa shape index (κ2) is 12.1. The molecule has 2 amide bonds. The molecule has 7 nitrogen and oxygen atoms in total. The molecule has 11 heteroatoms. The number of carbonyl (C=O) groups excluding carboxylic acids is 2. The van der Waals surface area contributed by atoms with Crippen LogP contribution in [0.2, 0.25) is 0 Å². The minimum atomic E-state index is -3.00. The molecular weight excluding hydrogens is 523 g/mol. The number of amides is 2. The van der Waals surface area contributed by atoms with Gasteiger partial charge in [0, 0.05) is 74.8 Å². The Morgan fingerprint density at radius 2 is 2.00 bits per heavy atom. The quantitative estimate of drug-likeness (QED) is 0.543. The molecule has 4 heterocycles. The van der Waals surface area contributed by atoms with Gasteiger partial charge in [-0.2, -0.15) is 0 Å². The fourth-order valence-corrected chi connectivity index (χ4v) is 5.60. The summed E-state index contributed by atoms with van der Waals surface area (Å²) in [6, 6.07) is 1.73. The monoisotopic (exact) mass is 563 g/mol. The minimum Gasteiger partial charge on any atom is -0.341 e. The molecule has 0 unspecified atom stereocenters. The van der Waals surface area contributed by atoms with Gasteiger partial charge in [0.05, 0.1) is 17.9 Å². The van der Waals surface area contributed by atoms with E-state index in [1.54, 1.807) is 18.7 Å². The Kier molecular flexibility index (Phi) is 10.4. The van der Waals surface area contributed by atoms with E-state index >= 15 is 0 Å². The molecule has 4 rings (SSSR count). The van der Waals surface area contributed by atoms with Gasteiger partial charge >= 0.3 is 0 Å². The highest BCUT2D eigenvalue weighted by atomic mass is 35.5. The molecule has 0 radical (unpaired) electrons. The van der Waals surface area contributed by atoms with Crippen LogP contribution in [-0.2, 0) is 20.9 Å². The van der Waals surface area contributed by atoms with Crippen molar-refractivity contribution in [2.24, 2.45) is 5.92 Å². The second-order valence-corrected chi connectivity index (χ2v) is 11.6. The SMILES string of the molecule is CC(C)CC(F)(F)c1cnc2c(c1)N(C(=O)CN1C[C@@H](C)NC[C@@H]1CN1CCCC1=O)CC2(C)C.Cl.Cl. The maximum Gasteiger partial charge on any atom is 0.275 e. The van der Waals surface area contributed by atoms with Crippen LogP contribution in [0.1, 0.15) is 65.1 Å². The topological polar surface area (TPSA) is 68.8 Å². The predicted octanol–water partition coefficient (Wildman–Crippen LogP) is 3.97. The second-order valence-electron chi connectivity index (χ2n) is 11.6. The number of hydrogen-bond donors (Lipinski definition) is 1. The van der Waals surface area contributed by atoms with Crippen molar-refractivity contribution >= 4 is 42.3 Å². The van der Waals surface area contributed by atoms with Crippen LogP contribution >= 0.6 is 24.8 Å². The number of pyridine rings is 1. The summed E-state index contributed by atoms with van der Waals surface area (Å²) < 4.78 is 29.8. The minimum absolute atomic E-state index is 0. The lowest BCUT2D eigenvalue weighted by molar-refractivity contribution is -0.128. The number of nitrogens with one attached hydrogen (secondary N) is 1. The van der Waals surface area contributed by atoms with Gasteiger partial charge in [-0.1, -0.05) is 27.7 Å². The Bertz CT molecular complexity index is 978. The van der Waals surface area contributed by atoms with Crippen molar-refractivity contribution in [1.82, 2.24) is 20.1 Å². The molecule has 3 aliphatic heterocycles. The fraction of sp³-hybridized carbons (Fsp3) is 0.731. The summed E-state index contributed by atoms with van der Waals surface area (Å²) in [7, 11) is 0. The number of nitrogens with zero attached hydrogens (tertiary/aromatic N) is 4. The number of alkyl halides is 2. The predicted molar refractivity (Wildman–Crippen MR) is 146 cm³/mol. The van der Waals surface area contributed by atoms with E-state index in [2.05, 4.69) is 22.1 Å². The third kappa shape index (κ3) is 6.91. The van der Waals surface area contributed by atoms with Crippen molar-refractivity contribution in [2.45, 2.75) is 77.3 Å². The lowest BCUT2D eigenvalue weighted by Crippen LogP contribution is -2.60. The average molecular weight is 565 g/mol. The van der Waals surface area contributed by atoms with Crippen molar-refractivity contribution in [3.05, 3.63) is 23.5 Å². The molecule has 0 aromatic carbocycles. The summed E-state index contributed by atoms with van der Waals surface area (Å²) in [6.07, 6.45) is 2.48. The number of rotatable bonds is 7. The van der Waals surface area contributed by atoms with E-state index in [4.69, 9.17) is 0 Å². The first-order valence-electron chi connectivity index (χ1n) is 12.8. The van der Waals surface area contributed by atoms with Gasteiger partial charge in [0.2, 0.25) is 11.8 Å². The van der Waals surface area contributed by atoms with E-state index in [0.717, 1.165) is 13.0 Å². The van der Waals surface area contributed by atoms with Crippen LogP contribution in [0.3, 0.4) is 0 Å². The summed E-state index contributed by atoms with van der Waals surface area (Å²) in [5.74, 6) is -3.11. The average Bonchev–Trinajstić information content (AvgIpc) is 3.28. The number of aromatic nitrogens is 1. The molecule has 3 aliphatic rings. The molecule has 0 aliphatic carbocycles. The van der Waals surface area contributed by atoms with Crippen LogP contribution in [0.4, 0.5) is 14.5 Å². The van der Waals surface area contributed by atoms with E-state index in [-0.39, 0.29) is 73.2 Å². The number of likely N-dealkylation sites (tertiary alicyclic amines) is 1. The zero-order valence-electron chi connectivity index (χ0n) is 22.4. The van der Waals surface area contributed by atoms with Gasteiger partial charge in [0.1, 0.15) is 0 Å². The van der Waals surface area contributed by atoms with E-state index in [1.807, 2.05) is 18.7 Å². The molecule has 1 N–H and O–H groups in total. The van der Waals surface area contributed by atoms with Crippen molar-refractivity contribution < 1.29 is 18.4 Å². The molecule has 2 atom stereocenters. The number of halogens is 4. The highest BCUT2D eigenvalue weighted by Crippen LogP contribution is 2.43. The summed E-state index contributed by atoms with van der Waals surface area (Å²) in [6.45, 7) is 12.9. The lowest BCUT2D eigenvalue weighted by Gasteiger charge is -2.41. The van der Waals surface area contributed by atoms with Gasteiger partial charge in [-0.3, -0.25) is 19.5 Å². The number of carbonyl (C=O) groups is 2. The third-order valence-electron chi connectivity index (χ3n) is 7.41. The molecular formula is C26H41Cl2F2N5O2. The van der Waals surface area contributed by atoms with E-state index < -0.39 is 11.3 Å². The Balaban J connectivity index is 0.00000241. The van der Waals surface area contributed by atoms with Gasteiger partial charge in [0.25, 0.3) is 5.92 Å². The summed E-state index contributed by atoms with van der Waals surface area (Å²) in [4.78, 5) is 35.9. The molecule has 2 saturated heterocycles. The molecule has 0 bridgehead atoms. The Morgan fingerprint density at radius 3 is 2.62 bits per heavy atom. The van der Waals surface area contributed by atoms with E-state index in [9.17, 15) is 18.4 Å². The van der Waals surface area contributed by atoms with Crippen LogP contribution < -0.4 is 10.2 Å². The Hall–Kier alpha value is -1.55. The zero-order valence-corrected chi connectivity index (χ0v) is 24.1. The first-order valence-corrected chi connectivity index (χ1v) is 12.8. The summed E-state index contributed by atoms with van der Waals surface area (Å²) >= 11 is 0. The maximum atomic E-state index is 14.9. The summed E-state index contributed by atoms with van der Waals surface area (Å²) in [5.41, 5.74) is 0.620. The third-order valence-corrected chi connectivity index (χ3v) is 7.41. The molecule has 1 aromatic rings. The standard InChI is InChI=1S/C26H39F2N5O2.2ClH/c1-17(2)10-26(27,28)19-9-21-24(30-11-19)25(4,5)16-33(21)23(35)15-32-13-18(3)29-12-20(32)14-31-8-6-7-22(31)34;;/h9,11,17-18,20,29H,6-8,10,12-16H2,1-5H3;2*1H/t18-,20-;;/m1../s1. The maximum absolute atomic E-state index is 14.9. The molecule has 37 heavy (non-hydrogen) atoms. The molecule has 2 fully saturated rings. The molecule has 210 valence electrons. The van der Waals surface area contributed by atoms with Crippen molar-refractivity contribution in [1.29, 1.82) is 0 Å². The van der Waals surface area contributed by atoms with Crippen LogP contribution in [0.15, 0.2) is 12.3 Å². The van der Waals surface area contributed by atoms with E-state index in [1.165, 1.54) is 12.3 Å². The smallest absolute Gasteiger partial charge is 0.275 e. The largest absolute Gasteiger partial charge is 0.341 e. The first kappa shape index (κ1) is 31.7. The van der Waals surface area contributed by atoms with Gasteiger partial charge in [-0.05, 0) is 25.3 Å². The van der Waals surface area contributed by atoms with Gasteiger partial charge in [0.15, 0.2) is 0 Å². The summed E-state index contributed by atoms with van der Waals surface area (Å²) in [5, 5.41) is 3.46. The number of piperazine rings is 1. The van der Waals surface area contributed by atoms with Gasteiger partial charge in [-0.15, -0.1) is 24.8 Å². The van der Waals surface area contributed by atoms with Gasteiger partial charge in [-0.25, -0.2) is 8.78 Å². The normalized spacial score (nSPS) is 23.6. The van der Waals surface area contributed by atoms with Crippen molar-refractivity contribution in [2.75, 3.05) is 44.2 Å². The first-order chi connectivity index (χ1) is 16.4. The van der Waals surface area contributed by atoms with Crippen molar-refractivity contribution in [3.8, 4) is 0 Å². The van der Waals surface area contributed by atoms with Crippen LogP contribution in [-0.4, -0.2) is 78.0 Å². The number of hydrogen-bond acceptors (Lipinski definition) is 5. The zero-order chi connectivity index (χ0) is 25.5. The van der Waals surface area contributed by atoms with Crippen LogP contribution in [0.5, 0.6) is 0 Å². The molecule has 1 aromatic heterocycles. The highest BCUT2D eigenvalue weighted by molar-refractivity contribution is 5.97. The Morgan fingerprint density at radius 1 is 1.30 bits per heavy atom. The molecule has 0 spiro atoms. The number of fused-ring (bicyclic) bond motifs is 1. The van der Waals surface area contributed by atoms with Crippen LogP contribution in [0, 0.1) is 5.92 Å². The molecule has 0 saturated carbocycles. The van der Waals surface area contributed by atoms with Crippen molar-refractivity contribution in [3.63, 3.8) is 0 Å². The highest BCUT2D eigenvalue weighted by Gasteiger charge is 2.43. The number of anilines is 1.